The number of aromatic nitrogens is 2. The van der Waals surface area contributed by atoms with E-state index in [4.69, 9.17) is 4.74 Å². The highest BCUT2D eigenvalue weighted by Gasteiger charge is 2.31. The summed E-state index contributed by atoms with van der Waals surface area (Å²) >= 11 is 0. The average Bonchev–Trinajstić information content (AvgIpc) is 3.33. The zero-order valence-electron chi connectivity index (χ0n) is 19.6. The fourth-order valence-electron chi connectivity index (χ4n) is 5.08. The molecule has 35 heavy (non-hydrogen) atoms. The molecule has 1 saturated heterocycles. The van der Waals surface area contributed by atoms with Crippen LogP contribution in [0.5, 0.6) is 5.75 Å². The number of pyridine rings is 1. The summed E-state index contributed by atoms with van der Waals surface area (Å²) in [5, 5.41) is 3.85. The van der Waals surface area contributed by atoms with Gasteiger partial charge in [0.2, 0.25) is 5.43 Å². The number of fused-ring (bicyclic) bond motifs is 1. The fraction of sp³-hybridized carbons (Fsp3) is 0.308. The molecule has 2 N–H and O–H groups in total. The van der Waals surface area contributed by atoms with E-state index in [0.29, 0.717) is 42.3 Å². The van der Waals surface area contributed by atoms with Crippen molar-refractivity contribution >= 4 is 39.1 Å². The first-order valence-electron chi connectivity index (χ1n) is 11.8. The van der Waals surface area contributed by atoms with Gasteiger partial charge in [-0.2, -0.15) is 0 Å². The molecule has 2 aromatic heterocycles. The van der Waals surface area contributed by atoms with Gasteiger partial charge in [-0.15, -0.1) is 0 Å². The van der Waals surface area contributed by atoms with E-state index < -0.39 is 17.2 Å². The molecule has 0 radical (unpaired) electrons. The van der Waals surface area contributed by atoms with Gasteiger partial charge >= 0.3 is 0 Å². The Labute approximate surface area is 200 Å². The monoisotopic (exact) mass is 475 g/mol. The number of amides is 1. The van der Waals surface area contributed by atoms with E-state index in [0.717, 1.165) is 24.0 Å². The van der Waals surface area contributed by atoms with Gasteiger partial charge < -0.3 is 29.4 Å². The van der Waals surface area contributed by atoms with Gasteiger partial charge in [0.15, 0.2) is 11.6 Å². The summed E-state index contributed by atoms with van der Waals surface area (Å²) in [7, 11) is 2.04. The van der Waals surface area contributed by atoms with Crippen LogP contribution in [-0.2, 0) is 0 Å². The first-order valence-corrected chi connectivity index (χ1v) is 11.8. The molecule has 2 aromatic carbocycles. The number of carbonyl (C=O) groups is 1. The second kappa shape index (κ2) is 8.13. The van der Waals surface area contributed by atoms with Crippen LogP contribution in [0.3, 0.4) is 0 Å². The van der Waals surface area contributed by atoms with Crippen molar-refractivity contribution in [2.75, 3.05) is 50.1 Å². The molecule has 6 rings (SSSR count). The smallest absolute Gasteiger partial charge is 0.261 e. The summed E-state index contributed by atoms with van der Waals surface area (Å²) in [5.41, 5.74) is 1.85. The summed E-state index contributed by atoms with van der Waals surface area (Å²) in [5.74, 6) is -0.660. The second-order valence-corrected chi connectivity index (χ2v) is 9.36. The molecule has 0 spiro atoms. The number of nitrogens with zero attached hydrogens (tertiary/aromatic N) is 3. The van der Waals surface area contributed by atoms with E-state index in [2.05, 4.69) is 15.2 Å². The number of likely N-dealkylation sites (N-methyl/N-ethyl adjacent to an activating group) is 1. The molecule has 2 aliphatic rings. The van der Waals surface area contributed by atoms with Crippen LogP contribution in [0.4, 0.5) is 15.8 Å². The van der Waals surface area contributed by atoms with Crippen molar-refractivity contribution in [1.29, 1.82) is 0 Å². The van der Waals surface area contributed by atoms with Crippen molar-refractivity contribution in [3.8, 4) is 5.75 Å². The Bertz CT molecular complexity index is 1530. The Balaban J connectivity index is 1.48. The van der Waals surface area contributed by atoms with Gasteiger partial charge in [0.25, 0.3) is 5.91 Å². The van der Waals surface area contributed by atoms with Gasteiger partial charge in [0, 0.05) is 49.5 Å². The number of halogens is 1. The maximum atomic E-state index is 15.5. The number of rotatable bonds is 3. The number of benzene rings is 2. The van der Waals surface area contributed by atoms with Crippen molar-refractivity contribution in [2.24, 2.45) is 0 Å². The minimum atomic E-state index is -0.529. The lowest BCUT2D eigenvalue weighted by Gasteiger charge is -2.37. The SMILES string of the molecule is C[C@H]1COc2c(N3CCN(C)CC3)c(F)cc3c(=O)c(C(=O)Nc4cccc5[nH]ccc45)cn1c23. The maximum absolute atomic E-state index is 15.5. The molecule has 180 valence electrons. The molecule has 0 bridgehead atoms. The third kappa shape index (κ3) is 3.46. The molecule has 1 fully saturated rings. The van der Waals surface area contributed by atoms with Crippen molar-refractivity contribution in [3.05, 3.63) is 64.3 Å². The van der Waals surface area contributed by atoms with Crippen LogP contribution in [0.1, 0.15) is 23.3 Å². The van der Waals surface area contributed by atoms with E-state index in [1.165, 1.54) is 6.07 Å². The Morgan fingerprint density at radius 2 is 1.97 bits per heavy atom. The molecule has 1 amide bonds. The normalized spacial score (nSPS) is 18.1. The van der Waals surface area contributed by atoms with Gasteiger partial charge in [-0.05, 0) is 38.2 Å². The van der Waals surface area contributed by atoms with Crippen LogP contribution in [0.25, 0.3) is 21.8 Å². The fourth-order valence-corrected chi connectivity index (χ4v) is 5.08. The summed E-state index contributed by atoms with van der Waals surface area (Å²) in [6.45, 7) is 5.23. The lowest BCUT2D eigenvalue weighted by molar-refractivity contribution is 0.102. The molecule has 4 aromatic rings. The summed E-state index contributed by atoms with van der Waals surface area (Å²) in [6.07, 6.45) is 3.37. The zero-order chi connectivity index (χ0) is 24.3. The van der Waals surface area contributed by atoms with Crippen LogP contribution in [0.15, 0.2) is 47.5 Å². The van der Waals surface area contributed by atoms with Crippen molar-refractivity contribution in [3.63, 3.8) is 0 Å². The largest absolute Gasteiger partial charge is 0.487 e. The number of piperazine rings is 1. The Morgan fingerprint density at radius 3 is 2.77 bits per heavy atom. The first-order chi connectivity index (χ1) is 16.9. The molecule has 4 heterocycles. The van der Waals surface area contributed by atoms with E-state index in [1.807, 2.05) is 41.6 Å². The minimum absolute atomic E-state index is 0.0310. The number of hydrogen-bond acceptors (Lipinski definition) is 5. The van der Waals surface area contributed by atoms with Gasteiger partial charge in [0.05, 0.1) is 22.6 Å². The summed E-state index contributed by atoms with van der Waals surface area (Å²) in [4.78, 5) is 34.0. The highest BCUT2D eigenvalue weighted by atomic mass is 19.1. The molecule has 0 saturated carbocycles. The Kier molecular flexibility index (Phi) is 5.03. The molecule has 8 nitrogen and oxygen atoms in total. The second-order valence-electron chi connectivity index (χ2n) is 9.36. The standard InChI is InChI=1S/C26H26FN5O3/c1-15-14-35-25-22-17(12-19(27)23(25)31-10-8-30(2)9-11-31)24(33)18(13-32(15)22)26(34)29-21-5-3-4-20-16(21)6-7-28-20/h3-7,12-13,15,28H,8-11,14H2,1-2H3,(H,29,34)/t15-/m0/s1. The number of ether oxygens (including phenoxy) is 1. The van der Waals surface area contributed by atoms with E-state index >= 15 is 4.39 Å². The first kappa shape index (κ1) is 21.7. The van der Waals surface area contributed by atoms with E-state index in [1.54, 1.807) is 18.5 Å². The Hall–Kier alpha value is -3.85. The lowest BCUT2D eigenvalue weighted by Crippen LogP contribution is -2.45. The third-order valence-electron chi connectivity index (χ3n) is 7.05. The number of anilines is 2. The third-order valence-corrected chi connectivity index (χ3v) is 7.05. The van der Waals surface area contributed by atoms with E-state index in [9.17, 15) is 9.59 Å². The highest BCUT2D eigenvalue weighted by molar-refractivity contribution is 6.10. The quantitative estimate of drug-likeness (QED) is 0.473. The molecule has 1 atom stereocenters. The summed E-state index contributed by atoms with van der Waals surface area (Å²) in [6, 6.07) is 8.51. The molecular weight excluding hydrogens is 449 g/mol. The number of nitrogens with one attached hydrogen (secondary N) is 2. The molecule has 0 aliphatic carbocycles. The zero-order valence-corrected chi connectivity index (χ0v) is 19.6. The molecule has 2 aliphatic heterocycles. The number of carbonyl (C=O) groups excluding carboxylic acids is 1. The van der Waals surface area contributed by atoms with Crippen LogP contribution in [0.2, 0.25) is 0 Å². The van der Waals surface area contributed by atoms with Gasteiger partial charge in [-0.1, -0.05) is 6.07 Å². The average molecular weight is 476 g/mol. The number of aromatic amines is 1. The predicted molar refractivity (Wildman–Crippen MR) is 134 cm³/mol. The van der Waals surface area contributed by atoms with Crippen LogP contribution in [0, 0.1) is 5.82 Å². The topological polar surface area (TPSA) is 82.6 Å². The molecular formula is C26H26FN5O3. The van der Waals surface area contributed by atoms with Crippen molar-refractivity contribution in [1.82, 2.24) is 14.5 Å². The maximum Gasteiger partial charge on any atom is 0.261 e. The van der Waals surface area contributed by atoms with Crippen molar-refractivity contribution in [2.45, 2.75) is 13.0 Å². The highest BCUT2D eigenvalue weighted by Crippen LogP contribution is 2.42. The van der Waals surface area contributed by atoms with Crippen LogP contribution in [-0.4, -0.2) is 60.2 Å². The lowest BCUT2D eigenvalue weighted by atomic mass is 10.0. The molecule has 0 unspecified atom stereocenters. The number of hydrogen-bond donors (Lipinski definition) is 2. The van der Waals surface area contributed by atoms with Crippen LogP contribution < -0.4 is 20.4 Å². The van der Waals surface area contributed by atoms with E-state index in [-0.39, 0.29) is 17.0 Å². The van der Waals surface area contributed by atoms with Gasteiger partial charge in [0.1, 0.15) is 17.9 Å². The molecule has 9 heteroatoms. The minimum Gasteiger partial charge on any atom is -0.487 e. The van der Waals surface area contributed by atoms with Gasteiger partial charge in [-0.3, -0.25) is 9.59 Å². The number of H-pyrrole nitrogens is 1. The Morgan fingerprint density at radius 1 is 1.17 bits per heavy atom. The van der Waals surface area contributed by atoms with Crippen LogP contribution >= 0.6 is 0 Å². The summed E-state index contributed by atoms with van der Waals surface area (Å²) < 4.78 is 23.4. The van der Waals surface area contributed by atoms with Gasteiger partial charge in [-0.25, -0.2) is 4.39 Å². The predicted octanol–water partition coefficient (Wildman–Crippen LogP) is 3.58. The van der Waals surface area contributed by atoms with Crippen molar-refractivity contribution < 1.29 is 13.9 Å².